The van der Waals surface area contributed by atoms with Gasteiger partial charge in [-0.25, -0.2) is 0 Å². The number of benzene rings is 1. The van der Waals surface area contributed by atoms with Crippen molar-refractivity contribution in [1.82, 2.24) is 9.80 Å². The van der Waals surface area contributed by atoms with E-state index in [0.717, 1.165) is 18.7 Å². The van der Waals surface area contributed by atoms with Gasteiger partial charge in [0.2, 0.25) is 11.8 Å². The van der Waals surface area contributed by atoms with Gasteiger partial charge in [0.1, 0.15) is 11.2 Å². The zero-order chi connectivity index (χ0) is 17.3. The molecular weight excluding hydrogens is 306 g/mol. The predicted octanol–water partition coefficient (Wildman–Crippen LogP) is 1.50. The van der Waals surface area contributed by atoms with Gasteiger partial charge in [-0.05, 0) is 44.5 Å². The van der Waals surface area contributed by atoms with Crippen LogP contribution < -0.4 is 10.1 Å². The number of likely N-dealkylation sites (N-methyl/N-ethyl adjacent to an activating group) is 1. The summed E-state index contributed by atoms with van der Waals surface area (Å²) in [4.78, 5) is 29.7. The van der Waals surface area contributed by atoms with Crippen LogP contribution in [-0.4, -0.2) is 62.0 Å². The Morgan fingerprint density at radius 1 is 1.17 bits per heavy atom. The zero-order valence-electron chi connectivity index (χ0n) is 14.6. The number of carbonyl (C=O) groups is 2. The molecule has 0 atom stereocenters. The summed E-state index contributed by atoms with van der Waals surface area (Å²) in [6.45, 7) is 5.05. The van der Waals surface area contributed by atoms with Crippen LogP contribution in [0.2, 0.25) is 0 Å². The third-order valence-electron chi connectivity index (χ3n) is 4.99. The van der Waals surface area contributed by atoms with Crippen molar-refractivity contribution in [2.45, 2.75) is 19.8 Å². The summed E-state index contributed by atoms with van der Waals surface area (Å²) in [5.74, 6) is 0.367. The molecule has 0 radical (unpaired) electrons. The topological polar surface area (TPSA) is 61.9 Å². The Kier molecular flexibility index (Phi) is 4.49. The summed E-state index contributed by atoms with van der Waals surface area (Å²) in [7, 11) is 3.62. The van der Waals surface area contributed by atoms with E-state index in [4.69, 9.17) is 4.74 Å². The van der Waals surface area contributed by atoms with E-state index in [2.05, 4.69) is 10.2 Å². The Hall–Kier alpha value is -2.08. The van der Waals surface area contributed by atoms with E-state index in [0.29, 0.717) is 37.4 Å². The van der Waals surface area contributed by atoms with Crippen molar-refractivity contribution in [1.29, 1.82) is 0 Å². The minimum Gasteiger partial charge on any atom is -0.495 e. The van der Waals surface area contributed by atoms with Crippen LogP contribution in [0.1, 0.15) is 18.4 Å². The lowest BCUT2D eigenvalue weighted by Crippen LogP contribution is -2.51. The molecular formula is C18H25N3O3. The van der Waals surface area contributed by atoms with Crippen molar-refractivity contribution >= 4 is 17.5 Å². The molecule has 1 saturated heterocycles. The molecule has 1 N–H and O–H groups in total. The van der Waals surface area contributed by atoms with Crippen molar-refractivity contribution in [3.63, 3.8) is 0 Å². The molecule has 24 heavy (non-hydrogen) atoms. The van der Waals surface area contributed by atoms with Gasteiger partial charge in [-0.3, -0.25) is 9.59 Å². The molecule has 1 heterocycles. The van der Waals surface area contributed by atoms with Crippen molar-refractivity contribution in [3.8, 4) is 5.75 Å². The van der Waals surface area contributed by atoms with Crippen LogP contribution in [-0.2, 0) is 9.59 Å². The van der Waals surface area contributed by atoms with E-state index in [1.165, 1.54) is 0 Å². The summed E-state index contributed by atoms with van der Waals surface area (Å²) < 4.78 is 5.31. The predicted molar refractivity (Wildman–Crippen MR) is 92.1 cm³/mol. The van der Waals surface area contributed by atoms with Gasteiger partial charge in [0.05, 0.1) is 12.8 Å². The number of amides is 2. The first-order valence-corrected chi connectivity index (χ1v) is 8.40. The normalized spacial score (nSPS) is 19.7. The molecule has 1 aliphatic carbocycles. The first kappa shape index (κ1) is 16.8. The molecule has 3 rings (SSSR count). The highest BCUT2D eigenvalue weighted by atomic mass is 16.5. The van der Waals surface area contributed by atoms with E-state index in [1.807, 2.05) is 37.1 Å². The average Bonchev–Trinajstić information content (AvgIpc) is 3.37. The van der Waals surface area contributed by atoms with Crippen molar-refractivity contribution in [2.75, 3.05) is 45.7 Å². The fourth-order valence-electron chi connectivity index (χ4n) is 3.14. The van der Waals surface area contributed by atoms with Gasteiger partial charge in [0.15, 0.2) is 0 Å². The van der Waals surface area contributed by atoms with Gasteiger partial charge < -0.3 is 19.9 Å². The van der Waals surface area contributed by atoms with Crippen LogP contribution in [0.25, 0.3) is 0 Å². The lowest BCUT2D eigenvalue weighted by molar-refractivity contribution is -0.143. The minimum atomic E-state index is -0.884. The van der Waals surface area contributed by atoms with E-state index in [1.54, 1.807) is 7.11 Å². The lowest BCUT2D eigenvalue weighted by Gasteiger charge is -2.34. The SMILES string of the molecule is COc1ccc(C)cc1NC(=O)C1(C(=O)N2CCN(C)CC2)CC1. The minimum absolute atomic E-state index is 0.0280. The summed E-state index contributed by atoms with van der Waals surface area (Å²) in [6.07, 6.45) is 1.25. The van der Waals surface area contributed by atoms with Crippen LogP contribution in [0.15, 0.2) is 18.2 Å². The molecule has 6 heteroatoms. The number of methoxy groups -OCH3 is 1. The lowest BCUT2D eigenvalue weighted by atomic mass is 10.0. The molecule has 2 fully saturated rings. The Balaban J connectivity index is 1.72. The van der Waals surface area contributed by atoms with Crippen LogP contribution >= 0.6 is 0 Å². The van der Waals surface area contributed by atoms with E-state index >= 15 is 0 Å². The number of ether oxygens (including phenoxy) is 1. The first-order valence-electron chi connectivity index (χ1n) is 8.40. The van der Waals surface area contributed by atoms with Crippen molar-refractivity contribution < 1.29 is 14.3 Å². The molecule has 130 valence electrons. The molecule has 0 bridgehead atoms. The molecule has 0 spiro atoms. The number of nitrogens with one attached hydrogen (secondary N) is 1. The number of hydrogen-bond donors (Lipinski definition) is 1. The Morgan fingerprint density at radius 2 is 1.83 bits per heavy atom. The van der Waals surface area contributed by atoms with Crippen LogP contribution in [0.5, 0.6) is 5.75 Å². The molecule has 2 aliphatic rings. The summed E-state index contributed by atoms with van der Waals surface area (Å²) >= 11 is 0. The van der Waals surface area contributed by atoms with E-state index in [-0.39, 0.29) is 11.8 Å². The first-order chi connectivity index (χ1) is 11.5. The maximum absolute atomic E-state index is 12.9. The number of aryl methyl sites for hydroxylation is 1. The van der Waals surface area contributed by atoms with E-state index < -0.39 is 5.41 Å². The number of piperazine rings is 1. The summed E-state index contributed by atoms with van der Waals surface area (Å²) in [5, 5.41) is 2.91. The second-order valence-electron chi connectivity index (χ2n) is 6.84. The molecule has 1 aromatic rings. The second-order valence-corrected chi connectivity index (χ2v) is 6.84. The fourth-order valence-corrected chi connectivity index (χ4v) is 3.14. The third-order valence-corrected chi connectivity index (χ3v) is 4.99. The van der Waals surface area contributed by atoms with Crippen LogP contribution in [0.4, 0.5) is 5.69 Å². The fraction of sp³-hybridized carbons (Fsp3) is 0.556. The number of hydrogen-bond acceptors (Lipinski definition) is 4. The summed E-state index contributed by atoms with van der Waals surface area (Å²) in [6, 6.07) is 5.62. The molecule has 2 amide bonds. The average molecular weight is 331 g/mol. The number of anilines is 1. The molecule has 1 saturated carbocycles. The molecule has 6 nitrogen and oxygen atoms in total. The molecule has 0 unspecified atom stereocenters. The maximum atomic E-state index is 12.9. The van der Waals surface area contributed by atoms with E-state index in [9.17, 15) is 9.59 Å². The quantitative estimate of drug-likeness (QED) is 0.849. The highest BCUT2D eigenvalue weighted by Gasteiger charge is 2.58. The van der Waals surface area contributed by atoms with Gasteiger partial charge in [-0.1, -0.05) is 6.07 Å². The van der Waals surface area contributed by atoms with Gasteiger partial charge >= 0.3 is 0 Å². The number of carbonyl (C=O) groups excluding carboxylic acids is 2. The maximum Gasteiger partial charge on any atom is 0.240 e. The Morgan fingerprint density at radius 3 is 2.42 bits per heavy atom. The largest absolute Gasteiger partial charge is 0.495 e. The Labute approximate surface area is 142 Å². The van der Waals surface area contributed by atoms with Gasteiger partial charge in [-0.2, -0.15) is 0 Å². The van der Waals surface area contributed by atoms with Crippen LogP contribution in [0.3, 0.4) is 0 Å². The van der Waals surface area contributed by atoms with Crippen LogP contribution in [0, 0.1) is 12.3 Å². The number of nitrogens with zero attached hydrogens (tertiary/aromatic N) is 2. The molecule has 1 aromatic carbocycles. The zero-order valence-corrected chi connectivity index (χ0v) is 14.6. The highest BCUT2D eigenvalue weighted by Crippen LogP contribution is 2.48. The second kappa shape index (κ2) is 6.43. The van der Waals surface area contributed by atoms with Crippen molar-refractivity contribution in [3.05, 3.63) is 23.8 Å². The summed E-state index contributed by atoms with van der Waals surface area (Å²) in [5.41, 5.74) is 0.770. The third kappa shape index (κ3) is 3.11. The monoisotopic (exact) mass is 331 g/mol. The van der Waals surface area contributed by atoms with Gasteiger partial charge in [0, 0.05) is 26.2 Å². The molecule has 0 aromatic heterocycles. The standard InChI is InChI=1S/C18H25N3O3/c1-13-4-5-15(24-3)14(12-13)19-16(22)18(6-7-18)17(23)21-10-8-20(2)9-11-21/h4-5,12H,6-11H2,1-3H3,(H,19,22). The Bertz CT molecular complexity index is 647. The van der Waals surface area contributed by atoms with Crippen molar-refractivity contribution in [2.24, 2.45) is 5.41 Å². The van der Waals surface area contributed by atoms with Gasteiger partial charge in [0.25, 0.3) is 0 Å². The number of rotatable bonds is 4. The van der Waals surface area contributed by atoms with Gasteiger partial charge in [-0.15, -0.1) is 0 Å². The molecule has 1 aliphatic heterocycles. The highest BCUT2D eigenvalue weighted by molar-refractivity contribution is 6.13. The smallest absolute Gasteiger partial charge is 0.240 e.